The molecule has 2 heteroatoms. The van der Waals surface area contributed by atoms with E-state index < -0.39 is 0 Å². The second-order valence-corrected chi connectivity index (χ2v) is 4.16. The van der Waals surface area contributed by atoms with Gasteiger partial charge >= 0.3 is 0 Å². The quantitative estimate of drug-likeness (QED) is 0.584. The summed E-state index contributed by atoms with van der Waals surface area (Å²) in [6, 6.07) is 6.59. The fourth-order valence-corrected chi connectivity index (χ4v) is 2.13. The fourth-order valence-electron chi connectivity index (χ4n) is 2.13. The standard InChI is InChI=1S/C14H20N2/c1-2-3-4-9-15-11-13-7-5-6-12-8-10-16-14(12)13/h2-3,5-7,15-16H,4,8-11H2,1H3/b3-2+. The highest BCUT2D eigenvalue weighted by Gasteiger charge is 2.12. The molecule has 0 radical (unpaired) electrons. The summed E-state index contributed by atoms with van der Waals surface area (Å²) in [6.45, 7) is 5.17. The van der Waals surface area contributed by atoms with Gasteiger partial charge in [-0.1, -0.05) is 30.4 Å². The van der Waals surface area contributed by atoms with Gasteiger partial charge in [0.25, 0.3) is 0 Å². The van der Waals surface area contributed by atoms with Gasteiger partial charge in [-0.15, -0.1) is 0 Å². The van der Waals surface area contributed by atoms with E-state index in [0.29, 0.717) is 0 Å². The molecule has 1 aliphatic rings. The molecule has 0 bridgehead atoms. The molecule has 0 amide bonds. The van der Waals surface area contributed by atoms with Crippen molar-refractivity contribution in [3.63, 3.8) is 0 Å². The second-order valence-electron chi connectivity index (χ2n) is 4.16. The average molecular weight is 216 g/mol. The minimum atomic E-state index is 0.966. The lowest BCUT2D eigenvalue weighted by Gasteiger charge is -2.09. The summed E-state index contributed by atoms with van der Waals surface area (Å²) in [4.78, 5) is 0. The maximum Gasteiger partial charge on any atom is 0.0419 e. The Morgan fingerprint density at radius 2 is 2.38 bits per heavy atom. The van der Waals surface area contributed by atoms with E-state index in [1.165, 1.54) is 23.2 Å². The van der Waals surface area contributed by atoms with Crippen LogP contribution in [0.15, 0.2) is 30.4 Å². The Labute approximate surface area is 97.8 Å². The lowest BCUT2D eigenvalue weighted by atomic mass is 10.1. The first-order valence-electron chi connectivity index (χ1n) is 6.08. The van der Waals surface area contributed by atoms with E-state index in [1.807, 2.05) is 0 Å². The molecular formula is C14H20N2. The number of hydrogen-bond acceptors (Lipinski definition) is 2. The summed E-state index contributed by atoms with van der Waals surface area (Å²) in [5.41, 5.74) is 4.23. The molecule has 16 heavy (non-hydrogen) atoms. The van der Waals surface area contributed by atoms with E-state index in [4.69, 9.17) is 0 Å². The van der Waals surface area contributed by atoms with Crippen molar-refractivity contribution < 1.29 is 0 Å². The predicted octanol–water partition coefficient (Wildman–Crippen LogP) is 2.71. The molecule has 0 saturated heterocycles. The van der Waals surface area contributed by atoms with Gasteiger partial charge in [0, 0.05) is 18.8 Å². The smallest absolute Gasteiger partial charge is 0.0419 e. The number of fused-ring (bicyclic) bond motifs is 1. The first-order chi connectivity index (χ1) is 7.92. The van der Waals surface area contributed by atoms with Crippen LogP contribution in [0, 0.1) is 0 Å². The van der Waals surface area contributed by atoms with E-state index in [9.17, 15) is 0 Å². The second kappa shape index (κ2) is 5.71. The number of benzene rings is 1. The van der Waals surface area contributed by atoms with Crippen molar-refractivity contribution in [3.8, 4) is 0 Å². The number of hydrogen-bond donors (Lipinski definition) is 2. The minimum Gasteiger partial charge on any atom is -0.384 e. The molecule has 2 nitrogen and oxygen atoms in total. The van der Waals surface area contributed by atoms with Gasteiger partial charge in [0.1, 0.15) is 0 Å². The van der Waals surface area contributed by atoms with Gasteiger partial charge in [0.2, 0.25) is 0 Å². The van der Waals surface area contributed by atoms with E-state index in [1.54, 1.807) is 0 Å². The molecule has 0 aromatic heterocycles. The average Bonchev–Trinajstić information content (AvgIpc) is 2.77. The Hall–Kier alpha value is -1.28. The summed E-state index contributed by atoms with van der Waals surface area (Å²) >= 11 is 0. The molecule has 2 N–H and O–H groups in total. The third kappa shape index (κ3) is 2.64. The Morgan fingerprint density at radius 3 is 3.25 bits per heavy atom. The Balaban J connectivity index is 1.88. The molecule has 0 fully saturated rings. The van der Waals surface area contributed by atoms with Crippen LogP contribution in [0.2, 0.25) is 0 Å². The van der Waals surface area contributed by atoms with Gasteiger partial charge in [-0.3, -0.25) is 0 Å². The summed E-state index contributed by atoms with van der Waals surface area (Å²) in [6.07, 6.45) is 6.57. The van der Waals surface area contributed by atoms with Crippen LogP contribution in [0.1, 0.15) is 24.5 Å². The first kappa shape index (κ1) is 11.2. The van der Waals surface area contributed by atoms with Crippen molar-refractivity contribution in [1.82, 2.24) is 5.32 Å². The fraction of sp³-hybridized carbons (Fsp3) is 0.429. The van der Waals surface area contributed by atoms with Crippen molar-refractivity contribution in [2.45, 2.75) is 26.3 Å². The molecule has 1 aromatic rings. The van der Waals surface area contributed by atoms with Crippen LogP contribution in [0.3, 0.4) is 0 Å². The molecule has 0 spiro atoms. The van der Waals surface area contributed by atoms with E-state index in [0.717, 1.165) is 26.1 Å². The van der Waals surface area contributed by atoms with Crippen molar-refractivity contribution in [2.24, 2.45) is 0 Å². The van der Waals surface area contributed by atoms with Crippen LogP contribution in [0.4, 0.5) is 5.69 Å². The number of rotatable bonds is 5. The predicted molar refractivity (Wildman–Crippen MR) is 69.8 cm³/mol. The molecule has 86 valence electrons. The zero-order valence-electron chi connectivity index (χ0n) is 9.92. The third-order valence-electron chi connectivity index (χ3n) is 2.97. The maximum atomic E-state index is 3.47. The summed E-state index contributed by atoms with van der Waals surface area (Å²) in [5.74, 6) is 0. The zero-order chi connectivity index (χ0) is 11.2. The van der Waals surface area contributed by atoms with E-state index in [2.05, 4.69) is 47.9 Å². The normalized spacial score (nSPS) is 14.1. The van der Waals surface area contributed by atoms with Gasteiger partial charge in [-0.25, -0.2) is 0 Å². The lowest BCUT2D eigenvalue weighted by molar-refractivity contribution is 0.696. The highest BCUT2D eigenvalue weighted by atomic mass is 14.9. The highest BCUT2D eigenvalue weighted by Crippen LogP contribution is 2.25. The van der Waals surface area contributed by atoms with Crippen LogP contribution in [-0.2, 0) is 13.0 Å². The molecule has 0 unspecified atom stereocenters. The Kier molecular flexibility index (Phi) is 4.00. The summed E-state index contributed by atoms with van der Waals surface area (Å²) < 4.78 is 0. The van der Waals surface area contributed by atoms with Crippen LogP contribution in [0.5, 0.6) is 0 Å². The molecule has 0 aliphatic carbocycles. The number of anilines is 1. The van der Waals surface area contributed by atoms with Gasteiger partial charge in [-0.05, 0) is 37.4 Å². The van der Waals surface area contributed by atoms with Gasteiger partial charge in [0.15, 0.2) is 0 Å². The van der Waals surface area contributed by atoms with E-state index >= 15 is 0 Å². The van der Waals surface area contributed by atoms with Gasteiger partial charge in [0.05, 0.1) is 0 Å². The van der Waals surface area contributed by atoms with Crippen LogP contribution < -0.4 is 10.6 Å². The lowest BCUT2D eigenvalue weighted by Crippen LogP contribution is -2.15. The highest BCUT2D eigenvalue weighted by molar-refractivity contribution is 5.61. The van der Waals surface area contributed by atoms with Gasteiger partial charge in [-0.2, -0.15) is 0 Å². The van der Waals surface area contributed by atoms with Crippen molar-refractivity contribution in [3.05, 3.63) is 41.5 Å². The number of allylic oxidation sites excluding steroid dienone is 1. The van der Waals surface area contributed by atoms with Gasteiger partial charge < -0.3 is 10.6 Å². The van der Waals surface area contributed by atoms with Crippen LogP contribution >= 0.6 is 0 Å². The summed E-state index contributed by atoms with van der Waals surface area (Å²) in [5, 5.41) is 6.94. The maximum absolute atomic E-state index is 3.47. The van der Waals surface area contributed by atoms with Crippen molar-refractivity contribution in [2.75, 3.05) is 18.4 Å². The number of nitrogens with one attached hydrogen (secondary N) is 2. The molecule has 1 heterocycles. The first-order valence-corrected chi connectivity index (χ1v) is 6.08. The minimum absolute atomic E-state index is 0.966. The molecule has 1 aliphatic heterocycles. The topological polar surface area (TPSA) is 24.1 Å². The van der Waals surface area contributed by atoms with Crippen molar-refractivity contribution >= 4 is 5.69 Å². The molecular weight excluding hydrogens is 196 g/mol. The largest absolute Gasteiger partial charge is 0.384 e. The van der Waals surface area contributed by atoms with Crippen molar-refractivity contribution in [1.29, 1.82) is 0 Å². The van der Waals surface area contributed by atoms with Crippen LogP contribution in [0.25, 0.3) is 0 Å². The Bertz CT molecular complexity index is 369. The Morgan fingerprint density at radius 1 is 1.44 bits per heavy atom. The third-order valence-corrected chi connectivity index (χ3v) is 2.97. The van der Waals surface area contributed by atoms with Crippen LogP contribution in [-0.4, -0.2) is 13.1 Å². The zero-order valence-corrected chi connectivity index (χ0v) is 9.92. The van der Waals surface area contributed by atoms with E-state index in [-0.39, 0.29) is 0 Å². The SMILES string of the molecule is C/C=C/CCNCc1cccc2c1NCC2. The monoisotopic (exact) mass is 216 g/mol. The molecule has 0 atom stereocenters. The molecule has 2 rings (SSSR count). The number of para-hydroxylation sites is 1. The summed E-state index contributed by atoms with van der Waals surface area (Å²) in [7, 11) is 0. The molecule has 0 saturated carbocycles. The molecule has 1 aromatic carbocycles.